The zero-order valence-corrected chi connectivity index (χ0v) is 13.9. The van der Waals surface area contributed by atoms with Crippen LogP contribution in [0.2, 0.25) is 0 Å². The maximum absolute atomic E-state index is 5.42. The van der Waals surface area contributed by atoms with Crippen molar-refractivity contribution >= 4 is 12.2 Å². The fraction of sp³-hybridized carbons (Fsp3) is 0.0909. The zero-order chi connectivity index (χ0) is 16.8. The van der Waals surface area contributed by atoms with E-state index in [1.54, 1.807) is 14.2 Å². The van der Waals surface area contributed by atoms with E-state index in [-0.39, 0.29) is 0 Å². The van der Waals surface area contributed by atoms with Gasteiger partial charge in [-0.25, -0.2) is 0 Å². The van der Waals surface area contributed by atoms with Gasteiger partial charge in [0.05, 0.1) is 14.2 Å². The lowest BCUT2D eigenvalue weighted by Crippen LogP contribution is -1.91. The summed E-state index contributed by atoms with van der Waals surface area (Å²) in [5.74, 6) is 1.47. The molecule has 0 bridgehead atoms. The van der Waals surface area contributed by atoms with Gasteiger partial charge in [0.2, 0.25) is 0 Å². The van der Waals surface area contributed by atoms with Crippen molar-refractivity contribution in [2.45, 2.75) is 0 Å². The van der Waals surface area contributed by atoms with Gasteiger partial charge >= 0.3 is 0 Å². The molecule has 0 unspecified atom stereocenters. The number of rotatable bonds is 5. The van der Waals surface area contributed by atoms with Crippen molar-refractivity contribution in [3.05, 3.63) is 83.9 Å². The predicted octanol–water partition coefficient (Wildman–Crippen LogP) is 5.54. The molecule has 120 valence electrons. The zero-order valence-electron chi connectivity index (χ0n) is 13.9. The van der Waals surface area contributed by atoms with Gasteiger partial charge in [0.25, 0.3) is 0 Å². The summed E-state index contributed by atoms with van der Waals surface area (Å²) >= 11 is 0. The van der Waals surface area contributed by atoms with Crippen molar-refractivity contribution in [2.75, 3.05) is 14.2 Å². The first-order chi connectivity index (χ1) is 11.8. The highest BCUT2D eigenvalue weighted by molar-refractivity contribution is 5.81. The summed E-state index contributed by atoms with van der Waals surface area (Å²) < 4.78 is 10.7. The van der Waals surface area contributed by atoms with Gasteiger partial charge < -0.3 is 9.47 Å². The fourth-order valence-corrected chi connectivity index (χ4v) is 2.66. The minimum absolute atomic E-state index is 0.733. The Bertz CT molecular complexity index is 836. The third kappa shape index (κ3) is 3.49. The average molecular weight is 316 g/mol. The molecule has 0 saturated carbocycles. The summed E-state index contributed by atoms with van der Waals surface area (Å²) in [7, 11) is 3.30. The Labute approximate surface area is 143 Å². The molecule has 0 radical (unpaired) electrons. The van der Waals surface area contributed by atoms with Gasteiger partial charge in [-0.15, -0.1) is 0 Å². The molecule has 3 aromatic rings. The standard InChI is InChI=1S/C22H20O2/c1-23-21-15-14-19(16-22(21)24-2)20-11-7-6-10-18(20)13-12-17-8-4-3-5-9-17/h3-16H,1-2H3/b13-12+. The van der Waals surface area contributed by atoms with Crippen LogP contribution in [0.4, 0.5) is 0 Å². The van der Waals surface area contributed by atoms with E-state index >= 15 is 0 Å². The maximum atomic E-state index is 5.42. The van der Waals surface area contributed by atoms with Gasteiger partial charge in [0.15, 0.2) is 11.5 Å². The summed E-state index contributed by atoms with van der Waals surface area (Å²) in [6.07, 6.45) is 4.26. The molecule has 0 saturated heterocycles. The Balaban J connectivity index is 1.99. The first-order valence-corrected chi connectivity index (χ1v) is 7.86. The minimum atomic E-state index is 0.733. The van der Waals surface area contributed by atoms with Crippen LogP contribution in [0.1, 0.15) is 11.1 Å². The summed E-state index contributed by atoms with van der Waals surface area (Å²) in [6.45, 7) is 0. The molecule has 0 aliphatic carbocycles. The number of methoxy groups -OCH3 is 2. The van der Waals surface area contributed by atoms with Gasteiger partial charge in [-0.1, -0.05) is 72.8 Å². The number of benzene rings is 3. The highest BCUT2D eigenvalue weighted by atomic mass is 16.5. The highest BCUT2D eigenvalue weighted by Gasteiger charge is 2.08. The van der Waals surface area contributed by atoms with Gasteiger partial charge in [0.1, 0.15) is 0 Å². The molecule has 0 amide bonds. The fourth-order valence-electron chi connectivity index (χ4n) is 2.66. The van der Waals surface area contributed by atoms with Crippen molar-refractivity contribution in [1.29, 1.82) is 0 Å². The Hall–Kier alpha value is -3.00. The summed E-state index contributed by atoms with van der Waals surface area (Å²) in [5.41, 5.74) is 4.60. The summed E-state index contributed by atoms with van der Waals surface area (Å²) in [6, 6.07) is 24.6. The first-order valence-electron chi connectivity index (χ1n) is 7.86. The lowest BCUT2D eigenvalue weighted by molar-refractivity contribution is 0.355. The molecular formula is C22H20O2. The molecule has 0 N–H and O–H groups in total. The molecule has 0 aliphatic heterocycles. The van der Waals surface area contributed by atoms with Crippen molar-refractivity contribution < 1.29 is 9.47 Å². The molecule has 2 nitrogen and oxygen atoms in total. The van der Waals surface area contributed by atoms with E-state index in [0.29, 0.717) is 0 Å². The van der Waals surface area contributed by atoms with Crippen LogP contribution in [0.15, 0.2) is 72.8 Å². The smallest absolute Gasteiger partial charge is 0.161 e. The normalized spacial score (nSPS) is 10.8. The third-order valence-corrected chi connectivity index (χ3v) is 3.91. The Kier molecular flexibility index (Phi) is 4.97. The van der Waals surface area contributed by atoms with Crippen LogP contribution < -0.4 is 9.47 Å². The van der Waals surface area contributed by atoms with Crippen LogP contribution in [-0.2, 0) is 0 Å². The van der Waals surface area contributed by atoms with Crippen molar-refractivity contribution in [3.63, 3.8) is 0 Å². The predicted molar refractivity (Wildman–Crippen MR) is 100 cm³/mol. The van der Waals surface area contributed by atoms with E-state index < -0.39 is 0 Å². The minimum Gasteiger partial charge on any atom is -0.493 e. The van der Waals surface area contributed by atoms with Crippen LogP contribution in [0.3, 0.4) is 0 Å². The van der Waals surface area contributed by atoms with Gasteiger partial charge in [-0.2, -0.15) is 0 Å². The SMILES string of the molecule is COc1ccc(-c2ccccc2/C=C/c2ccccc2)cc1OC. The summed E-state index contributed by atoms with van der Waals surface area (Å²) in [4.78, 5) is 0. The topological polar surface area (TPSA) is 18.5 Å². The molecular weight excluding hydrogens is 296 g/mol. The van der Waals surface area contributed by atoms with E-state index in [1.165, 1.54) is 5.56 Å². The van der Waals surface area contributed by atoms with Crippen molar-refractivity contribution in [1.82, 2.24) is 0 Å². The van der Waals surface area contributed by atoms with Gasteiger partial charge in [-0.3, -0.25) is 0 Å². The Morgan fingerprint density at radius 1 is 0.667 bits per heavy atom. The van der Waals surface area contributed by atoms with E-state index in [0.717, 1.165) is 28.2 Å². The van der Waals surface area contributed by atoms with E-state index in [2.05, 4.69) is 48.6 Å². The van der Waals surface area contributed by atoms with Crippen LogP contribution in [0.5, 0.6) is 11.5 Å². The monoisotopic (exact) mass is 316 g/mol. The van der Waals surface area contributed by atoms with Crippen molar-refractivity contribution in [2.24, 2.45) is 0 Å². The number of ether oxygens (including phenoxy) is 2. The molecule has 0 aliphatic rings. The molecule has 0 atom stereocenters. The molecule has 24 heavy (non-hydrogen) atoms. The molecule has 0 spiro atoms. The average Bonchev–Trinajstić information content (AvgIpc) is 2.67. The quantitative estimate of drug-likeness (QED) is 0.575. The van der Waals surface area contributed by atoms with Crippen LogP contribution >= 0.6 is 0 Å². The molecule has 3 rings (SSSR count). The van der Waals surface area contributed by atoms with Crippen LogP contribution in [0, 0.1) is 0 Å². The van der Waals surface area contributed by atoms with Crippen LogP contribution in [0.25, 0.3) is 23.3 Å². The molecule has 0 heterocycles. The van der Waals surface area contributed by atoms with Crippen LogP contribution in [-0.4, -0.2) is 14.2 Å². The second-order valence-electron chi connectivity index (χ2n) is 5.40. The molecule has 3 aromatic carbocycles. The number of hydrogen-bond donors (Lipinski definition) is 0. The lowest BCUT2D eigenvalue weighted by Gasteiger charge is -2.11. The Morgan fingerprint density at radius 2 is 1.38 bits per heavy atom. The number of hydrogen-bond acceptors (Lipinski definition) is 2. The first kappa shape index (κ1) is 15.9. The second-order valence-corrected chi connectivity index (χ2v) is 5.40. The molecule has 0 aromatic heterocycles. The van der Waals surface area contributed by atoms with E-state index in [1.807, 2.05) is 36.4 Å². The van der Waals surface area contributed by atoms with Gasteiger partial charge in [-0.05, 0) is 34.4 Å². The molecule has 0 fully saturated rings. The third-order valence-electron chi connectivity index (χ3n) is 3.91. The van der Waals surface area contributed by atoms with E-state index in [4.69, 9.17) is 9.47 Å². The molecule has 2 heteroatoms. The maximum Gasteiger partial charge on any atom is 0.161 e. The summed E-state index contributed by atoms with van der Waals surface area (Å²) in [5, 5.41) is 0. The highest BCUT2D eigenvalue weighted by Crippen LogP contribution is 2.34. The lowest BCUT2D eigenvalue weighted by atomic mass is 9.98. The second kappa shape index (κ2) is 7.51. The van der Waals surface area contributed by atoms with Gasteiger partial charge in [0, 0.05) is 0 Å². The Morgan fingerprint density at radius 3 is 2.12 bits per heavy atom. The van der Waals surface area contributed by atoms with E-state index in [9.17, 15) is 0 Å². The largest absolute Gasteiger partial charge is 0.493 e. The van der Waals surface area contributed by atoms with Crippen molar-refractivity contribution in [3.8, 4) is 22.6 Å².